The molecule has 134 valence electrons. The van der Waals surface area contributed by atoms with Crippen LogP contribution in [0.4, 0.5) is 0 Å². The van der Waals surface area contributed by atoms with Gasteiger partial charge in [-0.2, -0.15) is 0 Å². The van der Waals surface area contributed by atoms with Crippen molar-refractivity contribution in [2.24, 2.45) is 0 Å². The van der Waals surface area contributed by atoms with Gasteiger partial charge in [0.05, 0.1) is 31.8 Å². The van der Waals surface area contributed by atoms with Crippen LogP contribution in [0.3, 0.4) is 0 Å². The summed E-state index contributed by atoms with van der Waals surface area (Å²) in [5, 5.41) is 0. The summed E-state index contributed by atoms with van der Waals surface area (Å²) in [4.78, 5) is 36.6. The molecule has 7 heteroatoms. The maximum atomic E-state index is 12.3. The molecule has 0 saturated heterocycles. The van der Waals surface area contributed by atoms with Crippen molar-refractivity contribution in [2.45, 2.75) is 47.6 Å². The number of carbonyl (C=O) groups excluding carboxylic acids is 3. The predicted molar refractivity (Wildman–Crippen MR) is 87.1 cm³/mol. The summed E-state index contributed by atoms with van der Waals surface area (Å²) < 4.78 is 16.8. The summed E-state index contributed by atoms with van der Waals surface area (Å²) in [6, 6.07) is 0. The Morgan fingerprint density at radius 3 is 1.92 bits per heavy atom. The predicted octanol–water partition coefficient (Wildman–Crippen LogP) is 2.28. The van der Waals surface area contributed by atoms with Gasteiger partial charge >= 0.3 is 17.9 Å². The molecule has 0 atom stereocenters. The Bertz CT molecular complexity index is 617. The minimum Gasteiger partial charge on any atom is -0.466 e. The standard InChI is InChI=1S/C17H25NO6/c1-6-18-12(10-13(19)22-7-2)14(16(20)23-8-3)11(5)15(18)17(21)24-9-4/h6-10H2,1-5H3. The largest absolute Gasteiger partial charge is 0.466 e. The van der Waals surface area contributed by atoms with Gasteiger partial charge in [0.15, 0.2) is 0 Å². The second-order valence-corrected chi connectivity index (χ2v) is 4.96. The third kappa shape index (κ3) is 4.15. The van der Waals surface area contributed by atoms with Crippen molar-refractivity contribution in [1.82, 2.24) is 4.57 Å². The lowest BCUT2D eigenvalue weighted by atomic mass is 10.1. The molecule has 0 aromatic carbocycles. The molecular formula is C17H25NO6. The highest BCUT2D eigenvalue weighted by Gasteiger charge is 2.30. The number of carbonyl (C=O) groups is 3. The molecule has 0 bridgehead atoms. The van der Waals surface area contributed by atoms with Gasteiger partial charge in [0.1, 0.15) is 5.69 Å². The molecule has 0 aliphatic carbocycles. The second-order valence-electron chi connectivity index (χ2n) is 4.96. The average molecular weight is 339 g/mol. The molecule has 0 radical (unpaired) electrons. The molecule has 0 unspecified atom stereocenters. The Hall–Kier alpha value is -2.31. The van der Waals surface area contributed by atoms with Gasteiger partial charge in [-0.25, -0.2) is 9.59 Å². The Balaban J connectivity index is 3.49. The second kappa shape index (κ2) is 9.10. The summed E-state index contributed by atoms with van der Waals surface area (Å²) in [6.07, 6.45) is -0.115. The first kappa shape index (κ1) is 19.7. The Morgan fingerprint density at radius 2 is 1.42 bits per heavy atom. The maximum absolute atomic E-state index is 12.3. The van der Waals surface area contributed by atoms with Crippen LogP contribution in [0.5, 0.6) is 0 Å². The number of hydrogen-bond donors (Lipinski definition) is 0. The van der Waals surface area contributed by atoms with Crippen LogP contribution < -0.4 is 0 Å². The smallest absolute Gasteiger partial charge is 0.355 e. The zero-order valence-corrected chi connectivity index (χ0v) is 14.9. The van der Waals surface area contributed by atoms with Gasteiger partial charge in [0, 0.05) is 12.2 Å². The fourth-order valence-electron chi connectivity index (χ4n) is 2.63. The maximum Gasteiger partial charge on any atom is 0.355 e. The highest BCUT2D eigenvalue weighted by molar-refractivity contribution is 5.99. The molecule has 1 aromatic rings. The third-order valence-corrected chi connectivity index (χ3v) is 3.50. The van der Waals surface area contributed by atoms with E-state index in [-0.39, 0.29) is 37.5 Å². The third-order valence-electron chi connectivity index (χ3n) is 3.50. The van der Waals surface area contributed by atoms with Gasteiger partial charge in [-0.15, -0.1) is 0 Å². The van der Waals surface area contributed by atoms with Crippen LogP contribution in [0.2, 0.25) is 0 Å². The van der Waals surface area contributed by atoms with Crippen LogP contribution in [0.25, 0.3) is 0 Å². The fraction of sp³-hybridized carbons (Fsp3) is 0.588. The molecule has 0 amide bonds. The number of rotatable bonds is 8. The summed E-state index contributed by atoms with van der Waals surface area (Å²) in [6.45, 7) is 9.65. The highest BCUT2D eigenvalue weighted by Crippen LogP contribution is 2.25. The summed E-state index contributed by atoms with van der Waals surface area (Å²) in [7, 11) is 0. The summed E-state index contributed by atoms with van der Waals surface area (Å²) in [5.74, 6) is -1.56. The fourth-order valence-corrected chi connectivity index (χ4v) is 2.63. The first-order valence-electron chi connectivity index (χ1n) is 8.14. The van der Waals surface area contributed by atoms with E-state index in [2.05, 4.69) is 0 Å². The van der Waals surface area contributed by atoms with Crippen molar-refractivity contribution >= 4 is 17.9 Å². The van der Waals surface area contributed by atoms with Crippen LogP contribution in [-0.2, 0) is 32.0 Å². The van der Waals surface area contributed by atoms with E-state index in [9.17, 15) is 14.4 Å². The topological polar surface area (TPSA) is 83.8 Å². The van der Waals surface area contributed by atoms with Gasteiger partial charge < -0.3 is 18.8 Å². The molecule has 0 aliphatic heterocycles. The van der Waals surface area contributed by atoms with Crippen molar-refractivity contribution in [1.29, 1.82) is 0 Å². The average Bonchev–Trinajstić information content (AvgIpc) is 2.79. The van der Waals surface area contributed by atoms with Gasteiger partial charge in [0.25, 0.3) is 0 Å². The van der Waals surface area contributed by atoms with E-state index in [0.29, 0.717) is 17.8 Å². The minimum absolute atomic E-state index is 0.115. The SMILES string of the molecule is CCOC(=O)Cc1c(C(=O)OCC)c(C)c(C(=O)OCC)n1CC. The molecule has 0 spiro atoms. The molecule has 24 heavy (non-hydrogen) atoms. The van der Waals surface area contributed by atoms with Gasteiger partial charge in [-0.1, -0.05) is 0 Å². The molecule has 0 aliphatic rings. The molecule has 0 saturated carbocycles. The first-order chi connectivity index (χ1) is 11.4. The quantitative estimate of drug-likeness (QED) is 0.534. The first-order valence-corrected chi connectivity index (χ1v) is 8.14. The van der Waals surface area contributed by atoms with Crippen molar-refractivity contribution in [3.8, 4) is 0 Å². The summed E-state index contributed by atoms with van der Waals surface area (Å²) in [5.41, 5.74) is 1.36. The number of hydrogen-bond acceptors (Lipinski definition) is 6. The van der Waals surface area contributed by atoms with E-state index in [0.717, 1.165) is 0 Å². The number of ether oxygens (including phenoxy) is 3. The van der Waals surface area contributed by atoms with Crippen LogP contribution >= 0.6 is 0 Å². The molecule has 0 N–H and O–H groups in total. The lowest BCUT2D eigenvalue weighted by molar-refractivity contribution is -0.142. The number of aromatic nitrogens is 1. The minimum atomic E-state index is -0.563. The van der Waals surface area contributed by atoms with Crippen molar-refractivity contribution < 1.29 is 28.6 Å². The Morgan fingerprint density at radius 1 is 0.875 bits per heavy atom. The van der Waals surface area contributed by atoms with Crippen LogP contribution in [0.15, 0.2) is 0 Å². The Kier molecular flexibility index (Phi) is 7.48. The van der Waals surface area contributed by atoms with E-state index >= 15 is 0 Å². The molecule has 1 rings (SSSR count). The zero-order chi connectivity index (χ0) is 18.3. The highest BCUT2D eigenvalue weighted by atomic mass is 16.5. The monoisotopic (exact) mass is 339 g/mol. The number of esters is 3. The van der Waals surface area contributed by atoms with E-state index < -0.39 is 17.9 Å². The van der Waals surface area contributed by atoms with E-state index in [4.69, 9.17) is 14.2 Å². The molecule has 1 heterocycles. The van der Waals surface area contributed by atoms with Crippen molar-refractivity contribution in [3.63, 3.8) is 0 Å². The molecule has 1 aromatic heterocycles. The van der Waals surface area contributed by atoms with Gasteiger partial charge in [-0.3, -0.25) is 4.79 Å². The van der Waals surface area contributed by atoms with Crippen LogP contribution in [0.1, 0.15) is 59.8 Å². The van der Waals surface area contributed by atoms with Gasteiger partial charge in [0.2, 0.25) is 0 Å². The van der Waals surface area contributed by atoms with Crippen LogP contribution in [-0.4, -0.2) is 42.3 Å². The van der Waals surface area contributed by atoms with Crippen LogP contribution in [0, 0.1) is 6.92 Å². The van der Waals surface area contributed by atoms with Gasteiger partial charge in [-0.05, 0) is 40.2 Å². The number of nitrogens with zero attached hydrogens (tertiary/aromatic N) is 1. The molecular weight excluding hydrogens is 314 g/mol. The van der Waals surface area contributed by atoms with Crippen molar-refractivity contribution in [3.05, 3.63) is 22.5 Å². The van der Waals surface area contributed by atoms with E-state index in [1.807, 2.05) is 6.92 Å². The Labute approximate surface area is 141 Å². The molecule has 0 fully saturated rings. The van der Waals surface area contributed by atoms with E-state index in [1.165, 1.54) is 0 Å². The van der Waals surface area contributed by atoms with E-state index in [1.54, 1.807) is 32.3 Å². The zero-order valence-electron chi connectivity index (χ0n) is 14.9. The summed E-state index contributed by atoms with van der Waals surface area (Å²) >= 11 is 0. The lowest BCUT2D eigenvalue weighted by Gasteiger charge is -2.11. The lowest BCUT2D eigenvalue weighted by Crippen LogP contribution is -2.18. The molecule has 7 nitrogen and oxygen atoms in total. The normalized spacial score (nSPS) is 10.4. The van der Waals surface area contributed by atoms with Crippen molar-refractivity contribution in [2.75, 3.05) is 19.8 Å².